The summed E-state index contributed by atoms with van der Waals surface area (Å²) < 4.78 is 0. The van der Waals surface area contributed by atoms with Crippen molar-refractivity contribution in [1.29, 1.82) is 0 Å². The molecule has 13 heavy (non-hydrogen) atoms. The molecular weight excluding hydrogens is 209 g/mol. The molecule has 3 nitrogen and oxygen atoms in total. The molecule has 0 aliphatic carbocycles. The zero-order valence-corrected chi connectivity index (χ0v) is 8.47. The standard InChI is InChI=1S/C8H7Cl2N3/c1-11-5-3-4-6(9)13-7(5)8(10)12-2/h3-4H,1H2,2H3/b12-8+. The minimum atomic E-state index is 0.268. The lowest BCUT2D eigenvalue weighted by Crippen LogP contribution is -1.96. The fourth-order valence-corrected chi connectivity index (χ4v) is 1.10. The van der Waals surface area contributed by atoms with Gasteiger partial charge >= 0.3 is 0 Å². The first kappa shape index (κ1) is 10.2. The maximum absolute atomic E-state index is 5.79. The second-order valence-corrected chi connectivity index (χ2v) is 2.92. The predicted octanol–water partition coefficient (Wildman–Crippen LogP) is 2.68. The largest absolute Gasteiger partial charge is 0.275 e. The first-order chi connectivity index (χ1) is 6.19. The van der Waals surface area contributed by atoms with E-state index in [4.69, 9.17) is 23.2 Å². The van der Waals surface area contributed by atoms with Gasteiger partial charge < -0.3 is 0 Å². The minimum Gasteiger partial charge on any atom is -0.275 e. The Morgan fingerprint density at radius 1 is 1.54 bits per heavy atom. The van der Waals surface area contributed by atoms with Crippen molar-refractivity contribution in [2.45, 2.75) is 0 Å². The Morgan fingerprint density at radius 2 is 2.23 bits per heavy atom. The summed E-state index contributed by atoms with van der Waals surface area (Å²) in [5.74, 6) is 0. The maximum atomic E-state index is 5.79. The second-order valence-electron chi connectivity index (χ2n) is 2.17. The summed E-state index contributed by atoms with van der Waals surface area (Å²) in [5, 5.41) is 0.620. The molecule has 1 aromatic rings. The summed E-state index contributed by atoms with van der Waals surface area (Å²) in [6.45, 7) is 3.39. The van der Waals surface area contributed by atoms with Gasteiger partial charge in [0.15, 0.2) is 5.17 Å². The van der Waals surface area contributed by atoms with Crippen molar-refractivity contribution in [3.8, 4) is 0 Å². The molecule has 0 unspecified atom stereocenters. The Balaban J connectivity index is 3.31. The van der Waals surface area contributed by atoms with Crippen LogP contribution in [0.2, 0.25) is 5.15 Å². The summed E-state index contributed by atoms with van der Waals surface area (Å²) in [6, 6.07) is 3.31. The third-order valence-electron chi connectivity index (χ3n) is 1.40. The van der Waals surface area contributed by atoms with E-state index in [1.54, 1.807) is 19.2 Å². The Kier molecular flexibility index (Phi) is 3.39. The molecule has 0 saturated heterocycles. The molecule has 0 aliphatic heterocycles. The van der Waals surface area contributed by atoms with Crippen molar-refractivity contribution in [2.75, 3.05) is 7.05 Å². The molecule has 0 fully saturated rings. The van der Waals surface area contributed by atoms with E-state index < -0.39 is 0 Å². The molecule has 0 bridgehead atoms. The Bertz CT molecular complexity index is 360. The van der Waals surface area contributed by atoms with Crippen molar-refractivity contribution >= 4 is 40.8 Å². The van der Waals surface area contributed by atoms with E-state index in [9.17, 15) is 0 Å². The lowest BCUT2D eigenvalue weighted by atomic mass is 10.3. The molecule has 0 amide bonds. The van der Waals surface area contributed by atoms with Gasteiger partial charge in [-0.25, -0.2) is 4.98 Å². The predicted molar refractivity (Wildman–Crippen MR) is 56.8 cm³/mol. The van der Waals surface area contributed by atoms with Crippen molar-refractivity contribution in [2.24, 2.45) is 9.98 Å². The normalized spacial score (nSPS) is 11.5. The van der Waals surface area contributed by atoms with Gasteiger partial charge in [-0.1, -0.05) is 23.2 Å². The van der Waals surface area contributed by atoms with Gasteiger partial charge in [0.05, 0.1) is 5.69 Å². The van der Waals surface area contributed by atoms with E-state index in [1.165, 1.54) is 0 Å². The molecular formula is C8H7Cl2N3. The monoisotopic (exact) mass is 215 g/mol. The lowest BCUT2D eigenvalue weighted by molar-refractivity contribution is 1.27. The van der Waals surface area contributed by atoms with E-state index in [2.05, 4.69) is 21.7 Å². The summed E-state index contributed by atoms with van der Waals surface area (Å²) in [6.07, 6.45) is 0. The van der Waals surface area contributed by atoms with Gasteiger partial charge in [0.1, 0.15) is 10.8 Å². The molecule has 68 valence electrons. The highest BCUT2D eigenvalue weighted by Crippen LogP contribution is 2.21. The van der Waals surface area contributed by atoms with E-state index in [0.717, 1.165) is 0 Å². The minimum absolute atomic E-state index is 0.268. The fourth-order valence-electron chi connectivity index (χ4n) is 0.813. The average Bonchev–Trinajstić information content (AvgIpc) is 2.16. The smallest absolute Gasteiger partial charge is 0.151 e. The van der Waals surface area contributed by atoms with Crippen LogP contribution >= 0.6 is 23.2 Å². The molecule has 5 heteroatoms. The number of rotatable bonds is 2. The number of aromatic nitrogens is 1. The van der Waals surface area contributed by atoms with Crippen LogP contribution in [0.3, 0.4) is 0 Å². The van der Waals surface area contributed by atoms with Crippen LogP contribution in [0.15, 0.2) is 22.1 Å². The fraction of sp³-hybridized carbons (Fsp3) is 0.125. The third kappa shape index (κ3) is 2.26. The van der Waals surface area contributed by atoms with Gasteiger partial charge in [-0.3, -0.25) is 9.98 Å². The third-order valence-corrected chi connectivity index (χ3v) is 1.96. The van der Waals surface area contributed by atoms with Crippen molar-refractivity contribution in [1.82, 2.24) is 4.98 Å². The van der Waals surface area contributed by atoms with Crippen LogP contribution in [0, 0.1) is 0 Å². The van der Waals surface area contributed by atoms with Crippen molar-refractivity contribution < 1.29 is 0 Å². The quantitative estimate of drug-likeness (QED) is 0.553. The highest BCUT2D eigenvalue weighted by atomic mass is 35.5. The average molecular weight is 216 g/mol. The van der Waals surface area contributed by atoms with Gasteiger partial charge in [0.25, 0.3) is 0 Å². The highest BCUT2D eigenvalue weighted by molar-refractivity contribution is 6.69. The van der Waals surface area contributed by atoms with E-state index in [-0.39, 0.29) is 5.17 Å². The van der Waals surface area contributed by atoms with Crippen molar-refractivity contribution in [3.05, 3.63) is 23.0 Å². The summed E-state index contributed by atoms with van der Waals surface area (Å²) >= 11 is 11.5. The topological polar surface area (TPSA) is 37.6 Å². The van der Waals surface area contributed by atoms with Crippen LogP contribution in [-0.2, 0) is 0 Å². The number of pyridine rings is 1. The van der Waals surface area contributed by atoms with Crippen LogP contribution < -0.4 is 0 Å². The van der Waals surface area contributed by atoms with Crippen LogP contribution in [0.5, 0.6) is 0 Å². The van der Waals surface area contributed by atoms with E-state index in [0.29, 0.717) is 16.5 Å². The van der Waals surface area contributed by atoms with Gasteiger partial charge in [0.2, 0.25) is 0 Å². The Hall–Kier alpha value is -0.930. The molecule has 1 heterocycles. The van der Waals surface area contributed by atoms with E-state index in [1.807, 2.05) is 0 Å². The highest BCUT2D eigenvalue weighted by Gasteiger charge is 2.07. The molecule has 1 rings (SSSR count). The van der Waals surface area contributed by atoms with Crippen LogP contribution in [0.1, 0.15) is 5.69 Å². The second kappa shape index (κ2) is 4.35. The maximum Gasteiger partial charge on any atom is 0.151 e. The molecule has 0 aliphatic rings. The number of halogens is 2. The molecule has 0 radical (unpaired) electrons. The lowest BCUT2D eigenvalue weighted by Gasteiger charge is -2.01. The molecule has 1 aromatic heterocycles. The van der Waals surface area contributed by atoms with Gasteiger partial charge in [-0.05, 0) is 18.9 Å². The number of nitrogens with zero attached hydrogens (tertiary/aromatic N) is 3. The Morgan fingerprint density at radius 3 is 2.77 bits per heavy atom. The Labute approximate surface area is 86.1 Å². The zero-order chi connectivity index (χ0) is 9.84. The summed E-state index contributed by atoms with van der Waals surface area (Å²) in [4.78, 5) is 11.5. The number of hydrogen-bond acceptors (Lipinski definition) is 3. The first-order valence-corrected chi connectivity index (χ1v) is 4.20. The van der Waals surface area contributed by atoms with Crippen LogP contribution in [-0.4, -0.2) is 23.9 Å². The summed E-state index contributed by atoms with van der Waals surface area (Å²) in [5.41, 5.74) is 1.02. The van der Waals surface area contributed by atoms with E-state index >= 15 is 0 Å². The number of aliphatic imine (C=N–C) groups is 2. The van der Waals surface area contributed by atoms with Crippen LogP contribution in [0.4, 0.5) is 5.69 Å². The van der Waals surface area contributed by atoms with Gasteiger partial charge in [-0.15, -0.1) is 0 Å². The molecule has 0 atom stereocenters. The van der Waals surface area contributed by atoms with Crippen LogP contribution in [0.25, 0.3) is 0 Å². The van der Waals surface area contributed by atoms with Crippen molar-refractivity contribution in [3.63, 3.8) is 0 Å². The van der Waals surface area contributed by atoms with Gasteiger partial charge in [0, 0.05) is 7.05 Å². The number of hydrogen-bond donors (Lipinski definition) is 0. The van der Waals surface area contributed by atoms with Gasteiger partial charge in [-0.2, -0.15) is 0 Å². The molecule has 0 spiro atoms. The molecule has 0 N–H and O–H groups in total. The SMILES string of the molecule is C=Nc1ccc(Cl)nc1/C(Cl)=N\C. The zero-order valence-electron chi connectivity index (χ0n) is 6.96. The molecule has 0 saturated carbocycles. The summed E-state index contributed by atoms with van der Waals surface area (Å²) in [7, 11) is 1.57. The first-order valence-electron chi connectivity index (χ1n) is 3.45. The molecule has 0 aromatic carbocycles.